The molecule has 1 aromatic heterocycles. The van der Waals surface area contributed by atoms with E-state index in [4.69, 9.17) is 9.84 Å². The molecule has 2 aromatic carbocycles. The third-order valence-corrected chi connectivity index (χ3v) is 5.30. The zero-order valence-electron chi connectivity index (χ0n) is 15.4. The van der Waals surface area contributed by atoms with Gasteiger partial charge in [-0.05, 0) is 36.2 Å². The Balaban J connectivity index is 1.97. The van der Waals surface area contributed by atoms with Gasteiger partial charge in [0.1, 0.15) is 0 Å². The summed E-state index contributed by atoms with van der Waals surface area (Å²) in [6, 6.07) is 16.1. The van der Waals surface area contributed by atoms with Crippen LogP contribution >= 0.6 is 11.3 Å². The Morgan fingerprint density at radius 2 is 1.71 bits per heavy atom. The largest absolute Gasteiger partial charge is 0.512 e. The molecule has 0 fully saturated rings. The smallest absolute Gasteiger partial charge is 0.449 e. The molecule has 1 amide bonds. The molecule has 0 atom stereocenters. The summed E-state index contributed by atoms with van der Waals surface area (Å²) in [5, 5.41) is 18.4. The van der Waals surface area contributed by atoms with Crippen LogP contribution < -0.4 is 9.64 Å². The van der Waals surface area contributed by atoms with Crippen molar-refractivity contribution in [3.05, 3.63) is 71.3 Å². The molecule has 28 heavy (non-hydrogen) atoms. The number of amides is 1. The van der Waals surface area contributed by atoms with Crippen molar-refractivity contribution in [3.63, 3.8) is 0 Å². The first-order chi connectivity index (χ1) is 13.4. The maximum absolute atomic E-state index is 12.8. The summed E-state index contributed by atoms with van der Waals surface area (Å²) in [6.45, 7) is 1.88. The Hall–Kier alpha value is -3.16. The van der Waals surface area contributed by atoms with Crippen molar-refractivity contribution in [3.8, 4) is 15.5 Å². The lowest BCUT2D eigenvalue weighted by Gasteiger charge is -2.17. The van der Waals surface area contributed by atoms with E-state index in [1.165, 1.54) is 4.90 Å². The molecule has 0 bridgehead atoms. The number of anilines is 1. The van der Waals surface area contributed by atoms with Crippen molar-refractivity contribution in [2.24, 2.45) is 0 Å². The average molecular weight is 397 g/mol. The van der Waals surface area contributed by atoms with Gasteiger partial charge in [-0.25, -0.2) is 4.79 Å². The monoisotopic (exact) mass is 397 g/mol. The number of ether oxygens (including phenoxy) is 1. The van der Waals surface area contributed by atoms with Crippen molar-refractivity contribution in [1.82, 2.24) is 0 Å². The van der Waals surface area contributed by atoms with Crippen LogP contribution in [0.2, 0.25) is 0 Å². The first kappa shape index (κ1) is 19.6. The number of aryl methyl sites for hydroxylation is 1. The van der Waals surface area contributed by atoms with Crippen LogP contribution in [-0.4, -0.2) is 29.3 Å². The number of nitrogens with zero attached hydrogens (tertiary/aromatic N) is 1. The molecule has 144 valence electrons. The minimum atomic E-state index is -1.44. The zero-order chi connectivity index (χ0) is 20.3. The number of rotatable bonds is 5. The van der Waals surface area contributed by atoms with E-state index in [1.54, 1.807) is 37.4 Å². The van der Waals surface area contributed by atoms with E-state index in [0.717, 1.165) is 32.9 Å². The number of hydrogen-bond donors (Lipinski definition) is 2. The molecular weight excluding hydrogens is 378 g/mol. The second kappa shape index (κ2) is 8.24. The third-order valence-electron chi connectivity index (χ3n) is 4.25. The molecule has 3 aromatic rings. The number of aliphatic hydroxyl groups is 1. The highest BCUT2D eigenvalue weighted by Gasteiger charge is 2.22. The standard InChI is InChI=1S/C21H19NO5S/c1-13-3-7-16(8-4-13)19(24)22(2)17-11-18(28-20(17)27-21(25)26)15-9-5-14(12-23)6-10-15/h3-11,23H,12H2,1-2H3,(H,25,26). The summed E-state index contributed by atoms with van der Waals surface area (Å²) in [5.74, 6) is -0.268. The number of carbonyl (C=O) groups is 2. The third kappa shape index (κ3) is 4.21. The fourth-order valence-corrected chi connectivity index (χ4v) is 3.70. The fraction of sp³-hybridized carbons (Fsp3) is 0.143. The maximum atomic E-state index is 12.8. The minimum Gasteiger partial charge on any atom is -0.449 e. The lowest BCUT2D eigenvalue weighted by Crippen LogP contribution is -2.26. The van der Waals surface area contributed by atoms with Gasteiger partial charge in [-0.15, -0.1) is 0 Å². The van der Waals surface area contributed by atoms with Crippen molar-refractivity contribution in [1.29, 1.82) is 0 Å². The Bertz CT molecular complexity index is 993. The molecule has 3 rings (SSSR count). The van der Waals surface area contributed by atoms with Crippen LogP contribution in [0.5, 0.6) is 5.06 Å². The Morgan fingerprint density at radius 1 is 1.07 bits per heavy atom. The molecule has 1 heterocycles. The zero-order valence-corrected chi connectivity index (χ0v) is 16.2. The first-order valence-corrected chi connectivity index (χ1v) is 9.30. The second-order valence-corrected chi connectivity index (χ2v) is 7.25. The molecule has 0 radical (unpaired) electrons. The van der Waals surface area contributed by atoms with Crippen molar-refractivity contribution < 1.29 is 24.5 Å². The van der Waals surface area contributed by atoms with Gasteiger partial charge in [0.05, 0.1) is 12.3 Å². The summed E-state index contributed by atoms with van der Waals surface area (Å²) in [5.41, 5.74) is 3.51. The number of benzene rings is 2. The Morgan fingerprint density at radius 3 is 2.29 bits per heavy atom. The summed E-state index contributed by atoms with van der Waals surface area (Å²) in [6.07, 6.45) is -1.44. The summed E-state index contributed by atoms with van der Waals surface area (Å²) in [4.78, 5) is 26.1. The molecule has 0 aliphatic rings. The van der Waals surface area contributed by atoms with Crippen LogP contribution in [0.4, 0.5) is 10.5 Å². The predicted octanol–water partition coefficient (Wildman–Crippen LogP) is 4.55. The highest BCUT2D eigenvalue weighted by atomic mass is 32.1. The number of hydrogen-bond acceptors (Lipinski definition) is 5. The van der Waals surface area contributed by atoms with E-state index in [9.17, 15) is 14.7 Å². The minimum absolute atomic E-state index is 0.0584. The van der Waals surface area contributed by atoms with Gasteiger partial charge in [-0.2, -0.15) is 0 Å². The van der Waals surface area contributed by atoms with Gasteiger partial charge >= 0.3 is 6.16 Å². The van der Waals surface area contributed by atoms with Gasteiger partial charge in [-0.3, -0.25) is 4.79 Å². The molecule has 0 saturated heterocycles. The molecule has 0 saturated carbocycles. The van der Waals surface area contributed by atoms with Gasteiger partial charge in [0.25, 0.3) is 5.91 Å². The van der Waals surface area contributed by atoms with E-state index in [2.05, 4.69) is 0 Å². The van der Waals surface area contributed by atoms with Crippen LogP contribution in [-0.2, 0) is 6.61 Å². The number of carboxylic acid groups (broad SMARTS) is 1. The van der Waals surface area contributed by atoms with Gasteiger partial charge in [0.15, 0.2) is 0 Å². The predicted molar refractivity (Wildman–Crippen MR) is 108 cm³/mol. The first-order valence-electron chi connectivity index (χ1n) is 8.48. The molecule has 6 nitrogen and oxygen atoms in total. The van der Waals surface area contributed by atoms with Crippen molar-refractivity contribution in [2.45, 2.75) is 13.5 Å². The van der Waals surface area contributed by atoms with Crippen LogP contribution in [0.1, 0.15) is 21.5 Å². The number of aliphatic hydroxyl groups excluding tert-OH is 1. The van der Waals surface area contributed by atoms with Crippen LogP contribution in [0, 0.1) is 6.92 Å². The molecule has 0 aliphatic heterocycles. The van der Waals surface area contributed by atoms with Crippen LogP contribution in [0.15, 0.2) is 54.6 Å². The summed E-state index contributed by atoms with van der Waals surface area (Å²) >= 11 is 1.14. The summed E-state index contributed by atoms with van der Waals surface area (Å²) in [7, 11) is 1.58. The molecule has 0 spiro atoms. The van der Waals surface area contributed by atoms with E-state index in [1.807, 2.05) is 31.2 Å². The number of thiophene rings is 1. The van der Waals surface area contributed by atoms with Gasteiger partial charge in [0.2, 0.25) is 5.06 Å². The summed E-state index contributed by atoms with van der Waals surface area (Å²) < 4.78 is 4.92. The van der Waals surface area contributed by atoms with Crippen LogP contribution in [0.3, 0.4) is 0 Å². The van der Waals surface area contributed by atoms with E-state index < -0.39 is 6.16 Å². The Kier molecular flexibility index (Phi) is 5.77. The van der Waals surface area contributed by atoms with Gasteiger partial charge in [0, 0.05) is 17.5 Å². The van der Waals surface area contributed by atoms with E-state index in [0.29, 0.717) is 11.3 Å². The lowest BCUT2D eigenvalue weighted by molar-refractivity contribution is 0.0991. The molecular formula is C21H19NO5S. The molecule has 2 N–H and O–H groups in total. The normalized spacial score (nSPS) is 10.5. The number of carbonyl (C=O) groups excluding carboxylic acids is 1. The second-order valence-electron chi connectivity index (χ2n) is 6.24. The van der Waals surface area contributed by atoms with Crippen LogP contribution in [0.25, 0.3) is 10.4 Å². The quantitative estimate of drug-likeness (QED) is 0.617. The van der Waals surface area contributed by atoms with Gasteiger partial charge in [-0.1, -0.05) is 53.3 Å². The van der Waals surface area contributed by atoms with Gasteiger partial charge < -0.3 is 19.8 Å². The molecule has 0 aliphatic carbocycles. The molecule has 0 unspecified atom stereocenters. The SMILES string of the molecule is Cc1ccc(C(=O)N(C)c2cc(-c3ccc(CO)cc3)sc2OC(=O)O)cc1. The highest BCUT2D eigenvalue weighted by Crippen LogP contribution is 2.43. The van der Waals surface area contributed by atoms with Crippen molar-refractivity contribution >= 4 is 29.1 Å². The Labute approximate surface area is 166 Å². The molecule has 7 heteroatoms. The highest BCUT2D eigenvalue weighted by molar-refractivity contribution is 7.18. The van der Waals surface area contributed by atoms with Crippen molar-refractivity contribution in [2.75, 3.05) is 11.9 Å². The van der Waals surface area contributed by atoms with E-state index in [-0.39, 0.29) is 17.6 Å². The lowest BCUT2D eigenvalue weighted by atomic mass is 10.1. The fourth-order valence-electron chi connectivity index (χ4n) is 2.67. The maximum Gasteiger partial charge on any atom is 0.512 e. The topological polar surface area (TPSA) is 87.1 Å². The average Bonchev–Trinajstić information content (AvgIpc) is 3.10. The van der Waals surface area contributed by atoms with E-state index >= 15 is 0 Å².